The average molecular weight is 1110 g/mol. The van der Waals surface area contributed by atoms with Gasteiger partial charge in [-0.3, -0.25) is 18.6 Å². The number of unbranched alkanes of at least 4 members (excludes halogenated alkanes) is 22. The zero-order valence-electron chi connectivity index (χ0n) is 50.6. The fraction of sp³-hybridized carbons (Fsp3) is 0.676. The molecule has 0 aliphatic carbocycles. The molecule has 78 heavy (non-hydrogen) atoms. The number of nitrogens with zero attached hydrogens (tertiary/aromatic N) is 1. The summed E-state index contributed by atoms with van der Waals surface area (Å²) in [5.74, 6) is -0.871. The molecular formula is C68H117NO8P+. The van der Waals surface area contributed by atoms with Crippen molar-refractivity contribution >= 4 is 19.8 Å². The third-order valence-corrected chi connectivity index (χ3v) is 14.0. The fourth-order valence-corrected chi connectivity index (χ4v) is 8.93. The van der Waals surface area contributed by atoms with Gasteiger partial charge in [-0.2, -0.15) is 0 Å². The number of allylic oxidation sites excluding steroid dienone is 20. The maximum Gasteiger partial charge on any atom is 0.472 e. The van der Waals surface area contributed by atoms with Crippen LogP contribution in [0.3, 0.4) is 0 Å². The molecule has 0 aliphatic heterocycles. The summed E-state index contributed by atoms with van der Waals surface area (Å²) in [4.78, 5) is 35.7. The Balaban J connectivity index is 4.27. The normalized spacial score (nSPS) is 14.1. The van der Waals surface area contributed by atoms with E-state index in [9.17, 15) is 19.0 Å². The number of carbonyl (C=O) groups is 2. The van der Waals surface area contributed by atoms with Crippen LogP contribution in [0.25, 0.3) is 0 Å². The molecule has 0 aromatic heterocycles. The standard InChI is InChI=1S/C68H116NO8P/c1-6-8-10-12-14-16-18-20-22-24-26-28-30-32-33-34-35-37-39-41-43-45-47-49-51-53-55-57-59-61-68(71)77-66(65-76-78(72,73)75-63-62-69(3,4)5)64-74-67(70)60-58-56-54-52-50-48-46-44-42-40-38-36-31-29-27-25-23-21-19-17-15-13-11-9-7-2/h8,10,14,16,20,22,25-28,32-33,35,37,41,43,47,49,53,55,66H,6-7,9,11-13,15,17-19,21,23-24,29-31,34,36,38-40,42,44-46,48,50-52,54,56-65H2,1-5H3/p+1/b10-8-,16-14-,22-20-,27-25-,28-26-,33-32-,37-35-,43-41-,49-47-,55-53-. The molecule has 10 heteroatoms. The van der Waals surface area contributed by atoms with Crippen molar-refractivity contribution in [1.82, 2.24) is 0 Å². The van der Waals surface area contributed by atoms with Crippen LogP contribution in [0.2, 0.25) is 0 Å². The summed E-state index contributed by atoms with van der Waals surface area (Å²) in [5.41, 5.74) is 0. The molecule has 0 amide bonds. The number of phosphoric acid groups is 1. The van der Waals surface area contributed by atoms with Gasteiger partial charge in [-0.05, 0) is 103 Å². The quantitative estimate of drug-likeness (QED) is 0.0211. The Morgan fingerprint density at radius 2 is 0.744 bits per heavy atom. The minimum atomic E-state index is -4.41. The lowest BCUT2D eigenvalue weighted by atomic mass is 10.0. The minimum absolute atomic E-state index is 0.0147. The van der Waals surface area contributed by atoms with E-state index in [1.165, 1.54) is 128 Å². The minimum Gasteiger partial charge on any atom is -0.462 e. The van der Waals surface area contributed by atoms with E-state index >= 15 is 0 Å². The number of quaternary nitrogens is 1. The van der Waals surface area contributed by atoms with E-state index in [0.717, 1.165) is 77.0 Å². The number of rotatable bonds is 56. The van der Waals surface area contributed by atoms with Gasteiger partial charge in [0.25, 0.3) is 0 Å². The Kier molecular flexibility index (Phi) is 55.4. The largest absolute Gasteiger partial charge is 0.472 e. The van der Waals surface area contributed by atoms with Crippen LogP contribution in [0.15, 0.2) is 122 Å². The van der Waals surface area contributed by atoms with E-state index in [4.69, 9.17) is 18.5 Å². The molecule has 0 heterocycles. The first-order valence-electron chi connectivity index (χ1n) is 31.3. The Morgan fingerprint density at radius 1 is 0.410 bits per heavy atom. The SMILES string of the molecule is CC/C=C\C/C=C\C/C=C\C/C=C\C/C=C\C/C=C\C/C=C\C/C=C\C/C=C\CCCC(=O)OC(COC(=O)CCCCCCCCCCCCCCC/C=C\CCCCCCCCCC)COP(=O)(O)OCC[N+](C)(C)C. The van der Waals surface area contributed by atoms with Crippen LogP contribution in [0.5, 0.6) is 0 Å². The summed E-state index contributed by atoms with van der Waals surface area (Å²) in [7, 11) is 1.43. The van der Waals surface area contributed by atoms with Crippen LogP contribution in [-0.2, 0) is 32.7 Å². The predicted octanol–water partition coefficient (Wildman–Crippen LogP) is 19.9. The highest BCUT2D eigenvalue weighted by Crippen LogP contribution is 2.43. The van der Waals surface area contributed by atoms with Crippen molar-refractivity contribution in [2.75, 3.05) is 47.5 Å². The Bertz CT molecular complexity index is 1730. The van der Waals surface area contributed by atoms with E-state index in [-0.39, 0.29) is 32.0 Å². The molecule has 0 saturated heterocycles. The Labute approximate surface area is 479 Å². The van der Waals surface area contributed by atoms with Gasteiger partial charge in [0, 0.05) is 12.8 Å². The van der Waals surface area contributed by atoms with E-state index < -0.39 is 26.5 Å². The molecule has 0 aliphatic rings. The maximum atomic E-state index is 12.8. The van der Waals surface area contributed by atoms with E-state index in [2.05, 4.69) is 135 Å². The van der Waals surface area contributed by atoms with Gasteiger partial charge >= 0.3 is 19.8 Å². The lowest BCUT2D eigenvalue weighted by Crippen LogP contribution is -2.37. The number of phosphoric ester groups is 1. The fourth-order valence-electron chi connectivity index (χ4n) is 8.19. The van der Waals surface area contributed by atoms with E-state index in [1.807, 2.05) is 21.1 Å². The number of carbonyl (C=O) groups excluding carboxylic acids is 2. The molecule has 0 fully saturated rings. The molecule has 446 valence electrons. The maximum absolute atomic E-state index is 12.8. The highest BCUT2D eigenvalue weighted by atomic mass is 31.2. The molecule has 9 nitrogen and oxygen atoms in total. The molecule has 0 radical (unpaired) electrons. The first-order chi connectivity index (χ1) is 38.0. The first kappa shape index (κ1) is 74.4. The molecular weight excluding hydrogens is 990 g/mol. The molecule has 0 bridgehead atoms. The summed E-state index contributed by atoms with van der Waals surface area (Å²) < 4.78 is 34.5. The van der Waals surface area contributed by atoms with Crippen LogP contribution in [0.1, 0.15) is 245 Å². The van der Waals surface area contributed by atoms with Crippen molar-refractivity contribution in [3.8, 4) is 0 Å². The van der Waals surface area contributed by atoms with Crippen molar-refractivity contribution in [3.05, 3.63) is 122 Å². The summed E-state index contributed by atoms with van der Waals surface area (Å²) in [5, 5.41) is 0. The third kappa shape index (κ3) is 61.6. The van der Waals surface area contributed by atoms with Gasteiger partial charge in [0.05, 0.1) is 27.7 Å². The molecule has 2 unspecified atom stereocenters. The Morgan fingerprint density at radius 3 is 1.14 bits per heavy atom. The zero-order valence-corrected chi connectivity index (χ0v) is 51.5. The summed E-state index contributed by atoms with van der Waals surface area (Å²) in [6, 6.07) is 0. The van der Waals surface area contributed by atoms with Gasteiger partial charge in [-0.25, -0.2) is 4.57 Å². The van der Waals surface area contributed by atoms with Gasteiger partial charge in [0.2, 0.25) is 0 Å². The number of likely N-dealkylation sites (N-methyl/N-ethyl adjacent to an activating group) is 1. The molecule has 0 aromatic rings. The molecule has 0 spiro atoms. The van der Waals surface area contributed by atoms with Crippen molar-refractivity contribution < 1.29 is 42.1 Å². The molecule has 0 aromatic carbocycles. The predicted molar refractivity (Wildman–Crippen MR) is 334 cm³/mol. The Hall–Kier alpha value is -3.59. The van der Waals surface area contributed by atoms with Crippen LogP contribution in [-0.4, -0.2) is 74.9 Å². The topological polar surface area (TPSA) is 108 Å². The second kappa shape index (κ2) is 58.1. The summed E-state index contributed by atoms with van der Waals surface area (Å²) in [6.45, 7) is 4.26. The van der Waals surface area contributed by atoms with Crippen LogP contribution >= 0.6 is 7.82 Å². The smallest absolute Gasteiger partial charge is 0.462 e. The van der Waals surface area contributed by atoms with E-state index in [0.29, 0.717) is 23.9 Å². The van der Waals surface area contributed by atoms with Gasteiger partial charge < -0.3 is 18.9 Å². The van der Waals surface area contributed by atoms with Crippen molar-refractivity contribution in [1.29, 1.82) is 0 Å². The highest BCUT2D eigenvalue weighted by Gasteiger charge is 2.27. The highest BCUT2D eigenvalue weighted by molar-refractivity contribution is 7.47. The van der Waals surface area contributed by atoms with Crippen molar-refractivity contribution in [2.24, 2.45) is 0 Å². The van der Waals surface area contributed by atoms with E-state index in [1.54, 1.807) is 0 Å². The lowest BCUT2D eigenvalue weighted by molar-refractivity contribution is -0.870. The molecule has 0 rings (SSSR count). The van der Waals surface area contributed by atoms with Gasteiger partial charge in [-0.15, -0.1) is 0 Å². The second-order valence-corrected chi connectivity index (χ2v) is 23.2. The number of ether oxygens (including phenoxy) is 2. The van der Waals surface area contributed by atoms with Gasteiger partial charge in [0.1, 0.15) is 19.8 Å². The molecule has 2 atom stereocenters. The number of hydrogen-bond donors (Lipinski definition) is 1. The van der Waals surface area contributed by atoms with Crippen LogP contribution in [0.4, 0.5) is 0 Å². The number of hydrogen-bond acceptors (Lipinski definition) is 7. The lowest BCUT2D eigenvalue weighted by Gasteiger charge is -2.24. The number of esters is 2. The van der Waals surface area contributed by atoms with Crippen LogP contribution < -0.4 is 0 Å². The summed E-state index contributed by atoms with van der Waals surface area (Å²) in [6.07, 6.45) is 82.9. The molecule has 1 N–H and O–H groups in total. The average Bonchev–Trinajstić information content (AvgIpc) is 3.41. The van der Waals surface area contributed by atoms with Gasteiger partial charge in [0.15, 0.2) is 6.10 Å². The monoisotopic (exact) mass is 1110 g/mol. The molecule has 0 saturated carbocycles. The summed E-state index contributed by atoms with van der Waals surface area (Å²) >= 11 is 0. The zero-order chi connectivity index (χ0) is 57.0. The first-order valence-corrected chi connectivity index (χ1v) is 32.8. The van der Waals surface area contributed by atoms with Crippen LogP contribution in [0, 0.1) is 0 Å². The third-order valence-electron chi connectivity index (χ3n) is 13.0. The van der Waals surface area contributed by atoms with Gasteiger partial charge in [-0.1, -0.05) is 251 Å². The second-order valence-electron chi connectivity index (χ2n) is 21.7. The van der Waals surface area contributed by atoms with Crippen molar-refractivity contribution in [2.45, 2.75) is 251 Å². The van der Waals surface area contributed by atoms with Crippen molar-refractivity contribution in [3.63, 3.8) is 0 Å².